The average Bonchev–Trinajstić information content (AvgIpc) is 1.83. The molecule has 9 heavy (non-hydrogen) atoms. The van der Waals surface area contributed by atoms with Crippen molar-refractivity contribution in [2.45, 2.75) is 13.3 Å². The van der Waals surface area contributed by atoms with Gasteiger partial charge in [0, 0.05) is 12.6 Å². The number of aliphatic hydroxyl groups excluding tert-OH is 1. The van der Waals surface area contributed by atoms with E-state index < -0.39 is 7.80 Å². The molecule has 54 valence electrons. The summed E-state index contributed by atoms with van der Waals surface area (Å²) in [6, 6.07) is 0. The van der Waals surface area contributed by atoms with Crippen molar-refractivity contribution in [3.05, 3.63) is 0 Å². The van der Waals surface area contributed by atoms with Gasteiger partial charge in [-0.15, -0.1) is 0 Å². The van der Waals surface area contributed by atoms with Gasteiger partial charge in [-0.25, -0.2) is 0 Å². The number of carbonyl (C=O) groups is 1. The van der Waals surface area contributed by atoms with Crippen LogP contribution in [0, 0.1) is 0 Å². The molecular formula is C5H11O3P. The second-order valence-corrected chi connectivity index (χ2v) is 3.79. The summed E-state index contributed by atoms with van der Waals surface area (Å²) in [5.41, 5.74) is 0. The first-order chi connectivity index (χ1) is 4.16. The third-order valence-electron chi connectivity index (χ3n) is 0.932. The number of Topliss-reactive ketones (excluding diaryl/α,β-unsaturated/α-hetero) is 1. The van der Waals surface area contributed by atoms with Gasteiger partial charge in [0.15, 0.2) is 0 Å². The van der Waals surface area contributed by atoms with Crippen molar-refractivity contribution in [2.24, 2.45) is 0 Å². The van der Waals surface area contributed by atoms with Gasteiger partial charge in [0.1, 0.15) is 13.6 Å². The van der Waals surface area contributed by atoms with Gasteiger partial charge in [-0.2, -0.15) is 0 Å². The molecule has 1 atom stereocenters. The molecule has 0 amide bonds. The first-order valence-electron chi connectivity index (χ1n) is 2.79. The Morgan fingerprint density at radius 2 is 2.22 bits per heavy atom. The zero-order valence-electron chi connectivity index (χ0n) is 5.39. The van der Waals surface area contributed by atoms with Crippen LogP contribution in [0.25, 0.3) is 0 Å². The van der Waals surface area contributed by atoms with E-state index in [1.54, 1.807) is 0 Å². The topological polar surface area (TPSA) is 54.4 Å². The van der Waals surface area contributed by atoms with Crippen molar-refractivity contribution in [3.8, 4) is 0 Å². The minimum absolute atomic E-state index is 0.0294. The molecule has 0 heterocycles. The Morgan fingerprint density at radius 3 is 2.56 bits per heavy atom. The van der Waals surface area contributed by atoms with E-state index in [9.17, 15) is 9.36 Å². The molecule has 0 bridgehead atoms. The van der Waals surface area contributed by atoms with Crippen molar-refractivity contribution in [3.63, 3.8) is 0 Å². The number of rotatable bonds is 4. The van der Waals surface area contributed by atoms with Gasteiger partial charge >= 0.3 is 0 Å². The maximum atomic E-state index is 10.5. The molecule has 1 unspecified atom stereocenters. The number of hydrogen-bond acceptors (Lipinski definition) is 3. The Hall–Kier alpha value is -0.140. The zero-order valence-corrected chi connectivity index (χ0v) is 6.39. The van der Waals surface area contributed by atoms with Crippen LogP contribution in [0.3, 0.4) is 0 Å². The first kappa shape index (κ1) is 8.86. The van der Waals surface area contributed by atoms with Crippen LogP contribution in [-0.4, -0.2) is 23.4 Å². The van der Waals surface area contributed by atoms with Gasteiger partial charge < -0.3 is 14.5 Å². The third kappa shape index (κ3) is 5.74. The van der Waals surface area contributed by atoms with Crippen molar-refractivity contribution in [1.29, 1.82) is 0 Å². The largest absolute Gasteiger partial charge is 0.389 e. The van der Waals surface area contributed by atoms with E-state index in [-0.39, 0.29) is 12.1 Å². The highest BCUT2D eigenvalue weighted by Gasteiger charge is 1.98. The van der Waals surface area contributed by atoms with E-state index in [1.807, 2.05) is 0 Å². The van der Waals surface area contributed by atoms with Crippen LogP contribution in [0.4, 0.5) is 0 Å². The number of carbonyl (C=O) groups excluding carboxylic acids is 1. The Kier molecular flexibility index (Phi) is 4.64. The molecule has 4 heteroatoms. The van der Waals surface area contributed by atoms with Gasteiger partial charge in [-0.3, -0.25) is 0 Å². The van der Waals surface area contributed by atoms with Crippen molar-refractivity contribution >= 4 is 13.6 Å². The molecule has 0 rings (SSSR count). The standard InChI is InChI=1S/C5H11O3P/c1-5(7)2-3-9(8)4-6/h6,9H,2-4H2,1H3. The lowest BCUT2D eigenvalue weighted by Crippen LogP contribution is -1.92. The molecule has 0 saturated carbocycles. The monoisotopic (exact) mass is 150 g/mol. The predicted molar refractivity (Wildman–Crippen MR) is 36.3 cm³/mol. The highest BCUT2D eigenvalue weighted by Crippen LogP contribution is 2.18. The summed E-state index contributed by atoms with van der Waals surface area (Å²) in [4.78, 5) is 10.3. The lowest BCUT2D eigenvalue weighted by molar-refractivity contribution is -0.116. The van der Waals surface area contributed by atoms with E-state index in [2.05, 4.69) is 0 Å². The molecule has 3 nitrogen and oxygen atoms in total. The molecule has 0 aliphatic heterocycles. The SMILES string of the molecule is CC(=O)CC[PH](=O)CO. The van der Waals surface area contributed by atoms with Crippen molar-refractivity contribution in [1.82, 2.24) is 0 Å². The Bertz CT molecular complexity index is 121. The second-order valence-electron chi connectivity index (χ2n) is 1.90. The Morgan fingerprint density at radius 1 is 1.67 bits per heavy atom. The van der Waals surface area contributed by atoms with E-state index in [1.165, 1.54) is 6.92 Å². The Labute approximate surface area is 54.9 Å². The molecule has 0 aliphatic carbocycles. The van der Waals surface area contributed by atoms with E-state index >= 15 is 0 Å². The maximum absolute atomic E-state index is 10.5. The van der Waals surface area contributed by atoms with Gasteiger partial charge in [0.25, 0.3) is 0 Å². The molecule has 0 aromatic heterocycles. The fourth-order valence-electron chi connectivity index (χ4n) is 0.395. The van der Waals surface area contributed by atoms with Gasteiger partial charge in [-0.05, 0) is 6.92 Å². The van der Waals surface area contributed by atoms with E-state index in [0.29, 0.717) is 12.6 Å². The van der Waals surface area contributed by atoms with Gasteiger partial charge in [0.05, 0.1) is 6.35 Å². The van der Waals surface area contributed by atoms with Crippen LogP contribution in [0.15, 0.2) is 0 Å². The summed E-state index contributed by atoms with van der Waals surface area (Å²) in [6.45, 7) is 1.45. The van der Waals surface area contributed by atoms with Crippen LogP contribution < -0.4 is 0 Å². The number of aliphatic hydroxyl groups is 1. The molecule has 0 aliphatic rings. The van der Waals surface area contributed by atoms with Crippen LogP contribution in [-0.2, 0) is 9.36 Å². The molecular weight excluding hydrogens is 139 g/mol. The quantitative estimate of drug-likeness (QED) is 0.593. The van der Waals surface area contributed by atoms with E-state index in [0.717, 1.165) is 0 Å². The van der Waals surface area contributed by atoms with Crippen molar-refractivity contribution in [2.75, 3.05) is 12.5 Å². The molecule has 0 aromatic carbocycles. The smallest absolute Gasteiger partial charge is 0.130 e. The normalized spacial score (nSPS) is 13.1. The molecule has 0 spiro atoms. The fourth-order valence-corrected chi connectivity index (χ4v) is 1.18. The first-order valence-corrected chi connectivity index (χ1v) is 4.61. The Balaban J connectivity index is 3.28. The number of hydrogen-bond donors (Lipinski definition) is 1. The van der Waals surface area contributed by atoms with Crippen LogP contribution >= 0.6 is 7.80 Å². The summed E-state index contributed by atoms with van der Waals surface area (Å²) in [5.74, 6) is 0.0294. The predicted octanol–water partition coefficient (Wildman–Crippen LogP) is 0.475. The highest BCUT2D eigenvalue weighted by atomic mass is 31.1. The van der Waals surface area contributed by atoms with Gasteiger partial charge in [0.2, 0.25) is 0 Å². The number of ketones is 1. The van der Waals surface area contributed by atoms with E-state index in [4.69, 9.17) is 5.11 Å². The molecule has 0 radical (unpaired) electrons. The summed E-state index contributed by atoms with van der Waals surface area (Å²) >= 11 is 0. The molecule has 0 saturated heterocycles. The summed E-state index contributed by atoms with van der Waals surface area (Å²) in [6.07, 6.45) is 0.423. The summed E-state index contributed by atoms with van der Waals surface area (Å²) in [5, 5.41) is 8.27. The molecule has 0 fully saturated rings. The fraction of sp³-hybridized carbons (Fsp3) is 0.800. The van der Waals surface area contributed by atoms with Crippen LogP contribution in [0.2, 0.25) is 0 Å². The third-order valence-corrected chi connectivity index (χ3v) is 2.09. The molecule has 1 N–H and O–H groups in total. The lowest BCUT2D eigenvalue weighted by atomic mass is 10.4. The average molecular weight is 150 g/mol. The van der Waals surface area contributed by atoms with Crippen LogP contribution in [0.1, 0.15) is 13.3 Å². The highest BCUT2D eigenvalue weighted by molar-refractivity contribution is 7.44. The van der Waals surface area contributed by atoms with Gasteiger partial charge in [-0.1, -0.05) is 0 Å². The minimum Gasteiger partial charge on any atom is -0.389 e. The van der Waals surface area contributed by atoms with Crippen LogP contribution in [0.5, 0.6) is 0 Å². The molecule has 0 aromatic rings. The minimum atomic E-state index is -1.84. The zero-order chi connectivity index (χ0) is 7.28. The second kappa shape index (κ2) is 4.71. The summed E-state index contributed by atoms with van der Waals surface area (Å²) in [7, 11) is -1.84. The maximum Gasteiger partial charge on any atom is 0.130 e. The summed E-state index contributed by atoms with van der Waals surface area (Å²) < 4.78 is 10.5. The lowest BCUT2D eigenvalue weighted by Gasteiger charge is -1.92. The van der Waals surface area contributed by atoms with Crippen molar-refractivity contribution < 1.29 is 14.5 Å².